The zero-order chi connectivity index (χ0) is 17.8. The summed E-state index contributed by atoms with van der Waals surface area (Å²) >= 11 is 0. The number of hydrogen-bond donors (Lipinski definition) is 0. The fourth-order valence-electron chi connectivity index (χ4n) is 4.12. The van der Waals surface area contributed by atoms with Gasteiger partial charge in [-0.15, -0.1) is 0 Å². The molecule has 1 aliphatic heterocycles. The van der Waals surface area contributed by atoms with Crippen LogP contribution in [0.1, 0.15) is 31.0 Å². The van der Waals surface area contributed by atoms with Gasteiger partial charge < -0.3 is 4.52 Å². The Hall–Kier alpha value is -1.87. The molecule has 0 N–H and O–H groups in total. The fraction of sp³-hybridized carbons (Fsp3) is 0.500. The minimum absolute atomic E-state index is 0.0581. The van der Waals surface area contributed by atoms with Gasteiger partial charge in [0, 0.05) is 26.1 Å². The molecule has 1 saturated heterocycles. The van der Waals surface area contributed by atoms with Crippen molar-refractivity contribution in [1.29, 1.82) is 0 Å². The first-order valence-electron chi connectivity index (χ1n) is 8.09. The third-order valence-electron chi connectivity index (χ3n) is 5.32. The Morgan fingerprint density at radius 1 is 1.36 bits per heavy atom. The summed E-state index contributed by atoms with van der Waals surface area (Å²) in [5.74, 6) is -0.886. The van der Waals surface area contributed by atoms with Gasteiger partial charge in [-0.05, 0) is 30.9 Å². The molecule has 0 radical (unpaired) electrons. The van der Waals surface area contributed by atoms with Crippen molar-refractivity contribution in [2.45, 2.75) is 36.5 Å². The lowest BCUT2D eigenvalue weighted by atomic mass is 9.80. The summed E-state index contributed by atoms with van der Waals surface area (Å²) in [4.78, 5) is 3.82. The lowest BCUT2D eigenvalue weighted by molar-refractivity contribution is 0.332. The van der Waals surface area contributed by atoms with Gasteiger partial charge >= 0.3 is 0 Å². The molecule has 1 saturated carbocycles. The second-order valence-electron chi connectivity index (χ2n) is 6.75. The number of aryl methyl sites for hydroxylation is 1. The number of halogens is 2. The Morgan fingerprint density at radius 2 is 2.16 bits per heavy atom. The summed E-state index contributed by atoms with van der Waals surface area (Å²) in [6.07, 6.45) is 2.57. The van der Waals surface area contributed by atoms with Crippen molar-refractivity contribution in [2.75, 3.05) is 13.1 Å². The number of hydrogen-bond acceptors (Lipinski definition) is 5. The van der Waals surface area contributed by atoms with E-state index in [1.165, 1.54) is 4.31 Å². The van der Waals surface area contributed by atoms with Gasteiger partial charge in [0.25, 0.3) is 0 Å². The van der Waals surface area contributed by atoms with E-state index < -0.39 is 32.0 Å². The lowest BCUT2D eigenvalue weighted by Crippen LogP contribution is -2.35. The number of aromatic nitrogens is 2. The highest BCUT2D eigenvalue weighted by Gasteiger charge is 2.56. The van der Waals surface area contributed by atoms with Crippen LogP contribution < -0.4 is 0 Å². The largest absolute Gasteiger partial charge is 0.340 e. The zero-order valence-electron chi connectivity index (χ0n) is 13.6. The second kappa shape index (κ2) is 5.57. The van der Waals surface area contributed by atoms with E-state index in [1.54, 1.807) is 6.92 Å². The quantitative estimate of drug-likeness (QED) is 0.830. The van der Waals surface area contributed by atoms with E-state index >= 15 is 0 Å². The van der Waals surface area contributed by atoms with Crippen molar-refractivity contribution in [3.63, 3.8) is 0 Å². The van der Waals surface area contributed by atoms with Gasteiger partial charge in [0.15, 0.2) is 5.82 Å². The molecule has 2 aromatic rings. The van der Waals surface area contributed by atoms with E-state index in [9.17, 15) is 17.2 Å². The summed E-state index contributed by atoms with van der Waals surface area (Å²) in [5.41, 5.74) is -0.499. The third-order valence-corrected chi connectivity index (χ3v) is 7.17. The normalized spacial score (nSPS) is 26.9. The van der Waals surface area contributed by atoms with E-state index in [-0.39, 0.29) is 19.0 Å². The molecule has 1 aromatic carbocycles. The third kappa shape index (κ3) is 2.48. The monoisotopic (exact) mass is 369 g/mol. The van der Waals surface area contributed by atoms with Crippen molar-refractivity contribution in [3.8, 4) is 0 Å². The predicted octanol–water partition coefficient (Wildman–Crippen LogP) is 2.40. The zero-order valence-corrected chi connectivity index (χ0v) is 14.4. The maximum absolute atomic E-state index is 14.0. The Morgan fingerprint density at radius 3 is 2.84 bits per heavy atom. The molecule has 0 amide bonds. The van der Waals surface area contributed by atoms with Crippen LogP contribution in [-0.4, -0.2) is 36.0 Å². The maximum Gasteiger partial charge on any atom is 0.246 e. The fourth-order valence-corrected chi connectivity index (χ4v) is 5.72. The van der Waals surface area contributed by atoms with Crippen LogP contribution in [-0.2, 0) is 15.4 Å². The molecule has 0 spiro atoms. The number of fused-ring (bicyclic) bond motifs is 1. The maximum atomic E-state index is 14.0. The van der Waals surface area contributed by atoms with Gasteiger partial charge in [-0.3, -0.25) is 0 Å². The molecular formula is C16H17F2N3O3S. The van der Waals surface area contributed by atoms with Gasteiger partial charge in [0.05, 0.1) is 5.41 Å². The molecule has 4 rings (SSSR count). The highest BCUT2D eigenvalue weighted by molar-refractivity contribution is 7.89. The van der Waals surface area contributed by atoms with E-state index in [0.29, 0.717) is 17.8 Å². The Labute approximate surface area is 143 Å². The molecule has 2 heterocycles. The topological polar surface area (TPSA) is 76.3 Å². The molecule has 2 aliphatic rings. The van der Waals surface area contributed by atoms with Crippen molar-refractivity contribution in [2.24, 2.45) is 5.92 Å². The van der Waals surface area contributed by atoms with Crippen LogP contribution in [0.5, 0.6) is 0 Å². The Bertz CT molecular complexity index is 930. The van der Waals surface area contributed by atoms with Crippen molar-refractivity contribution < 1.29 is 21.7 Å². The van der Waals surface area contributed by atoms with E-state index in [1.807, 2.05) is 0 Å². The minimum Gasteiger partial charge on any atom is -0.340 e. The first-order valence-corrected chi connectivity index (χ1v) is 9.53. The number of sulfonamides is 1. The molecule has 2 atom stereocenters. The van der Waals surface area contributed by atoms with Crippen molar-refractivity contribution >= 4 is 10.0 Å². The van der Waals surface area contributed by atoms with Crippen LogP contribution in [0, 0.1) is 24.5 Å². The van der Waals surface area contributed by atoms with E-state index in [2.05, 4.69) is 10.1 Å². The van der Waals surface area contributed by atoms with Gasteiger partial charge in [0.1, 0.15) is 16.5 Å². The first kappa shape index (κ1) is 16.6. The Balaban J connectivity index is 1.71. The SMILES string of the molecule is Cc1nc([C@@]23CCC[C@@H]2CN(S(=O)(=O)c2ccc(F)cc2F)C3)no1. The van der Waals surface area contributed by atoms with Crippen LogP contribution in [0.15, 0.2) is 27.6 Å². The predicted molar refractivity (Wildman–Crippen MR) is 83.2 cm³/mol. The highest BCUT2D eigenvalue weighted by atomic mass is 32.2. The molecule has 2 fully saturated rings. The molecule has 25 heavy (non-hydrogen) atoms. The second-order valence-corrected chi connectivity index (χ2v) is 8.66. The summed E-state index contributed by atoms with van der Waals surface area (Å²) < 4.78 is 59.2. The standard InChI is InChI=1S/C16H17F2N3O3S/c1-10-19-15(20-24-10)16-6-2-3-11(16)8-21(9-16)25(22,23)14-5-4-12(17)7-13(14)18/h4-5,7,11H,2-3,6,8-9H2,1H3/t11-,16-/m1/s1. The van der Waals surface area contributed by atoms with Gasteiger partial charge in [0.2, 0.25) is 15.9 Å². The van der Waals surface area contributed by atoms with Gasteiger partial charge in [-0.1, -0.05) is 11.6 Å². The molecule has 6 nitrogen and oxygen atoms in total. The smallest absolute Gasteiger partial charge is 0.246 e. The molecule has 9 heteroatoms. The molecule has 0 bridgehead atoms. The van der Waals surface area contributed by atoms with Crippen LogP contribution >= 0.6 is 0 Å². The lowest BCUT2D eigenvalue weighted by Gasteiger charge is -2.24. The van der Waals surface area contributed by atoms with Gasteiger partial charge in [-0.2, -0.15) is 9.29 Å². The Kier molecular flexibility index (Phi) is 3.69. The molecule has 1 aliphatic carbocycles. The van der Waals surface area contributed by atoms with E-state index in [0.717, 1.165) is 31.4 Å². The molecule has 134 valence electrons. The van der Waals surface area contributed by atoms with Crippen molar-refractivity contribution in [1.82, 2.24) is 14.4 Å². The summed E-state index contributed by atoms with van der Waals surface area (Å²) in [6.45, 7) is 2.14. The highest BCUT2D eigenvalue weighted by Crippen LogP contribution is 2.50. The number of rotatable bonds is 3. The summed E-state index contributed by atoms with van der Waals surface area (Å²) in [7, 11) is -4.06. The summed E-state index contributed by atoms with van der Waals surface area (Å²) in [5, 5.41) is 4.02. The van der Waals surface area contributed by atoms with Crippen LogP contribution in [0.4, 0.5) is 8.78 Å². The van der Waals surface area contributed by atoms with Crippen LogP contribution in [0.3, 0.4) is 0 Å². The molecular weight excluding hydrogens is 352 g/mol. The average Bonchev–Trinajstić information content (AvgIpc) is 3.19. The van der Waals surface area contributed by atoms with Crippen LogP contribution in [0.25, 0.3) is 0 Å². The van der Waals surface area contributed by atoms with Gasteiger partial charge in [-0.25, -0.2) is 17.2 Å². The first-order chi connectivity index (χ1) is 11.8. The minimum atomic E-state index is -4.06. The molecule has 0 unspecified atom stereocenters. The average molecular weight is 369 g/mol. The van der Waals surface area contributed by atoms with Crippen molar-refractivity contribution in [3.05, 3.63) is 41.5 Å². The van der Waals surface area contributed by atoms with Crippen LogP contribution in [0.2, 0.25) is 0 Å². The number of benzene rings is 1. The molecule has 1 aromatic heterocycles. The van der Waals surface area contributed by atoms with E-state index in [4.69, 9.17) is 4.52 Å². The number of nitrogens with zero attached hydrogens (tertiary/aromatic N) is 3. The summed E-state index contributed by atoms with van der Waals surface area (Å²) in [6, 6.07) is 2.51.